The second-order valence-electron chi connectivity index (χ2n) is 3.71. The summed E-state index contributed by atoms with van der Waals surface area (Å²) < 4.78 is 5.97. The minimum Gasteiger partial charge on any atom is -0.383 e. The Morgan fingerprint density at radius 1 is 1.50 bits per heavy atom. The molecular weight excluding hydrogens is 270 g/mol. The molecule has 0 saturated heterocycles. The smallest absolute Gasteiger partial charge is 0.131 e. The number of ether oxygens (including phenoxy) is 1. The number of hydrogen-bond donors (Lipinski definition) is 1. The molecule has 0 aliphatic carbocycles. The van der Waals surface area contributed by atoms with Gasteiger partial charge >= 0.3 is 0 Å². The average Bonchev–Trinajstić information content (AvgIpc) is 2.16. The molecule has 0 amide bonds. The molecule has 4 nitrogen and oxygen atoms in total. The van der Waals surface area contributed by atoms with Crippen molar-refractivity contribution < 1.29 is 4.74 Å². The lowest BCUT2D eigenvalue weighted by Gasteiger charge is -2.17. The van der Waals surface area contributed by atoms with Gasteiger partial charge in [0.05, 0.1) is 12.6 Å². The summed E-state index contributed by atoms with van der Waals surface area (Å²) in [5.41, 5.74) is 0. The Hall–Kier alpha value is -0.680. The standard InChI is InChI=1S/C11H18BrN3O/c1-4-5-9(7-16-3)15-11-6-10(12)13-8(2)14-11/h6,9H,4-5,7H2,1-3H3,(H,13,14,15). The van der Waals surface area contributed by atoms with Crippen molar-refractivity contribution in [3.8, 4) is 0 Å². The highest BCUT2D eigenvalue weighted by molar-refractivity contribution is 9.10. The molecule has 1 atom stereocenters. The Balaban J connectivity index is 2.68. The molecule has 0 aromatic carbocycles. The zero-order chi connectivity index (χ0) is 12.0. The Morgan fingerprint density at radius 2 is 2.25 bits per heavy atom. The van der Waals surface area contributed by atoms with Crippen LogP contribution in [0.15, 0.2) is 10.7 Å². The van der Waals surface area contributed by atoms with Gasteiger partial charge in [0.25, 0.3) is 0 Å². The van der Waals surface area contributed by atoms with E-state index in [1.165, 1.54) is 0 Å². The van der Waals surface area contributed by atoms with Crippen LogP contribution in [0.5, 0.6) is 0 Å². The fourth-order valence-corrected chi connectivity index (χ4v) is 2.03. The van der Waals surface area contributed by atoms with Crippen molar-refractivity contribution in [2.45, 2.75) is 32.7 Å². The summed E-state index contributed by atoms with van der Waals surface area (Å²) in [6, 6.07) is 2.18. The highest BCUT2D eigenvalue weighted by Crippen LogP contribution is 2.14. The number of aryl methyl sites for hydroxylation is 1. The summed E-state index contributed by atoms with van der Waals surface area (Å²) in [6.45, 7) is 4.72. The van der Waals surface area contributed by atoms with Crippen LogP contribution in [-0.4, -0.2) is 29.7 Å². The third-order valence-corrected chi connectivity index (χ3v) is 2.57. The van der Waals surface area contributed by atoms with Crippen molar-refractivity contribution in [3.05, 3.63) is 16.5 Å². The van der Waals surface area contributed by atoms with E-state index in [1.54, 1.807) is 7.11 Å². The molecule has 90 valence electrons. The first-order valence-electron chi connectivity index (χ1n) is 5.42. The predicted molar refractivity (Wildman–Crippen MR) is 68.7 cm³/mol. The molecule has 16 heavy (non-hydrogen) atoms. The molecule has 0 fully saturated rings. The Bertz CT molecular complexity index is 307. The zero-order valence-corrected chi connectivity index (χ0v) is 11.5. The summed E-state index contributed by atoms with van der Waals surface area (Å²) in [5, 5.41) is 3.36. The van der Waals surface area contributed by atoms with Crippen LogP contribution >= 0.6 is 15.9 Å². The van der Waals surface area contributed by atoms with Crippen LogP contribution < -0.4 is 5.32 Å². The predicted octanol–water partition coefficient (Wildman–Crippen LogP) is 2.77. The van der Waals surface area contributed by atoms with Crippen LogP contribution in [0, 0.1) is 6.92 Å². The van der Waals surface area contributed by atoms with E-state index in [0.717, 1.165) is 29.1 Å². The maximum absolute atomic E-state index is 5.17. The minimum absolute atomic E-state index is 0.302. The van der Waals surface area contributed by atoms with E-state index in [9.17, 15) is 0 Å². The highest BCUT2D eigenvalue weighted by Gasteiger charge is 2.08. The van der Waals surface area contributed by atoms with Crippen molar-refractivity contribution in [1.82, 2.24) is 9.97 Å². The van der Waals surface area contributed by atoms with Gasteiger partial charge in [-0.25, -0.2) is 9.97 Å². The SMILES string of the molecule is CCCC(COC)Nc1cc(Br)nc(C)n1. The van der Waals surface area contributed by atoms with E-state index in [4.69, 9.17) is 4.74 Å². The van der Waals surface area contributed by atoms with E-state index in [0.29, 0.717) is 12.6 Å². The Morgan fingerprint density at radius 3 is 2.81 bits per heavy atom. The lowest BCUT2D eigenvalue weighted by atomic mass is 10.2. The van der Waals surface area contributed by atoms with Crippen LogP contribution in [0.25, 0.3) is 0 Å². The Labute approximate surface area is 105 Å². The summed E-state index contributed by atoms with van der Waals surface area (Å²) >= 11 is 3.36. The van der Waals surface area contributed by atoms with Gasteiger partial charge in [-0.1, -0.05) is 13.3 Å². The molecule has 1 rings (SSSR count). The third kappa shape index (κ3) is 4.45. The fraction of sp³-hybridized carbons (Fsp3) is 0.636. The lowest BCUT2D eigenvalue weighted by molar-refractivity contribution is 0.182. The maximum Gasteiger partial charge on any atom is 0.131 e. The quantitative estimate of drug-likeness (QED) is 0.818. The summed E-state index contributed by atoms with van der Waals surface area (Å²) in [7, 11) is 1.71. The normalized spacial score (nSPS) is 12.5. The average molecular weight is 288 g/mol. The summed E-state index contributed by atoms with van der Waals surface area (Å²) in [4.78, 5) is 8.50. The molecule has 0 spiro atoms. The second kappa shape index (κ2) is 6.81. The molecule has 0 aliphatic heterocycles. The summed E-state index contributed by atoms with van der Waals surface area (Å²) in [6.07, 6.45) is 2.18. The molecule has 1 N–H and O–H groups in total. The summed E-state index contributed by atoms with van der Waals surface area (Å²) in [5.74, 6) is 1.60. The topological polar surface area (TPSA) is 47.0 Å². The van der Waals surface area contributed by atoms with Crippen molar-refractivity contribution in [3.63, 3.8) is 0 Å². The number of nitrogens with one attached hydrogen (secondary N) is 1. The van der Waals surface area contributed by atoms with E-state index >= 15 is 0 Å². The first-order valence-corrected chi connectivity index (χ1v) is 6.21. The first-order chi connectivity index (χ1) is 7.65. The minimum atomic E-state index is 0.302. The second-order valence-corrected chi connectivity index (χ2v) is 4.52. The van der Waals surface area contributed by atoms with Crippen molar-refractivity contribution in [2.75, 3.05) is 19.0 Å². The van der Waals surface area contributed by atoms with Crippen LogP contribution in [0.2, 0.25) is 0 Å². The van der Waals surface area contributed by atoms with Crippen LogP contribution in [-0.2, 0) is 4.74 Å². The van der Waals surface area contributed by atoms with Gasteiger partial charge in [-0.2, -0.15) is 0 Å². The molecule has 0 aliphatic rings. The number of nitrogens with zero attached hydrogens (tertiary/aromatic N) is 2. The third-order valence-electron chi connectivity index (χ3n) is 2.16. The molecule has 1 unspecified atom stereocenters. The van der Waals surface area contributed by atoms with E-state index in [-0.39, 0.29) is 0 Å². The molecule has 0 radical (unpaired) electrons. The van der Waals surface area contributed by atoms with Gasteiger partial charge in [0.15, 0.2) is 0 Å². The fourth-order valence-electron chi connectivity index (χ4n) is 1.56. The molecule has 1 heterocycles. The number of methoxy groups -OCH3 is 1. The van der Waals surface area contributed by atoms with E-state index in [1.807, 2.05) is 13.0 Å². The van der Waals surface area contributed by atoms with Gasteiger partial charge in [-0.15, -0.1) is 0 Å². The molecule has 0 saturated carbocycles. The molecular formula is C11H18BrN3O. The van der Waals surface area contributed by atoms with Crippen molar-refractivity contribution in [2.24, 2.45) is 0 Å². The van der Waals surface area contributed by atoms with Gasteiger partial charge < -0.3 is 10.1 Å². The van der Waals surface area contributed by atoms with Crippen LogP contribution in [0.4, 0.5) is 5.82 Å². The van der Waals surface area contributed by atoms with Crippen molar-refractivity contribution >= 4 is 21.7 Å². The van der Waals surface area contributed by atoms with Crippen molar-refractivity contribution in [1.29, 1.82) is 0 Å². The number of aromatic nitrogens is 2. The maximum atomic E-state index is 5.17. The molecule has 5 heteroatoms. The van der Waals surface area contributed by atoms with Gasteiger partial charge in [0, 0.05) is 13.2 Å². The van der Waals surface area contributed by atoms with E-state index < -0.39 is 0 Å². The van der Waals surface area contributed by atoms with Crippen LogP contribution in [0.1, 0.15) is 25.6 Å². The molecule has 0 bridgehead atoms. The number of hydrogen-bond acceptors (Lipinski definition) is 4. The van der Waals surface area contributed by atoms with Gasteiger partial charge in [0.1, 0.15) is 16.2 Å². The Kier molecular flexibility index (Phi) is 5.69. The largest absolute Gasteiger partial charge is 0.383 e. The van der Waals surface area contributed by atoms with Gasteiger partial charge in [-0.3, -0.25) is 0 Å². The zero-order valence-electron chi connectivity index (χ0n) is 9.96. The molecule has 1 aromatic heterocycles. The van der Waals surface area contributed by atoms with E-state index in [2.05, 4.69) is 38.1 Å². The lowest BCUT2D eigenvalue weighted by Crippen LogP contribution is -2.25. The van der Waals surface area contributed by atoms with Gasteiger partial charge in [0.2, 0.25) is 0 Å². The number of anilines is 1. The monoisotopic (exact) mass is 287 g/mol. The number of halogens is 1. The number of rotatable bonds is 6. The first kappa shape index (κ1) is 13.4. The van der Waals surface area contributed by atoms with Crippen LogP contribution in [0.3, 0.4) is 0 Å². The molecule has 1 aromatic rings. The van der Waals surface area contributed by atoms with Gasteiger partial charge in [-0.05, 0) is 29.3 Å². The highest BCUT2D eigenvalue weighted by atomic mass is 79.9.